The lowest BCUT2D eigenvalue weighted by Crippen LogP contribution is -2.16. The largest absolute Gasteiger partial charge is 0.478 e. The van der Waals surface area contributed by atoms with E-state index in [9.17, 15) is 9.59 Å². The molecule has 3 N–H and O–H groups in total. The van der Waals surface area contributed by atoms with Gasteiger partial charge in [0.05, 0.1) is 5.56 Å². The number of amides is 1. The number of aryl methyl sites for hydroxylation is 2. The summed E-state index contributed by atoms with van der Waals surface area (Å²) in [4.78, 5) is 23.5. The summed E-state index contributed by atoms with van der Waals surface area (Å²) in [5.41, 5.74) is 3.72. The van der Waals surface area contributed by atoms with E-state index in [4.69, 9.17) is 5.11 Å². The maximum Gasteiger partial charge on any atom is 0.336 e. The number of rotatable bonds is 3. The van der Waals surface area contributed by atoms with Gasteiger partial charge >= 0.3 is 5.97 Å². The normalized spacial score (nSPS) is 13.5. The number of hydrogen-bond acceptors (Lipinski definition) is 3. The molecule has 0 fully saturated rings. The monoisotopic (exact) mass is 299 g/mol. The van der Waals surface area contributed by atoms with Gasteiger partial charge in [-0.05, 0) is 50.3 Å². The average Bonchev–Trinajstić information content (AvgIpc) is 2.93. The molecule has 6 nitrogen and oxygen atoms in total. The van der Waals surface area contributed by atoms with Crippen LogP contribution >= 0.6 is 0 Å². The number of nitrogens with zero attached hydrogens (tertiary/aromatic N) is 1. The molecule has 1 aliphatic rings. The number of aromatic amines is 1. The summed E-state index contributed by atoms with van der Waals surface area (Å²) in [6.45, 7) is 1.72. The van der Waals surface area contributed by atoms with Gasteiger partial charge in [-0.25, -0.2) is 4.79 Å². The van der Waals surface area contributed by atoms with Crippen LogP contribution in [0.4, 0.5) is 5.69 Å². The molecule has 0 spiro atoms. The maximum absolute atomic E-state index is 12.4. The molecular formula is C16H17N3O3. The first-order valence-electron chi connectivity index (χ1n) is 7.27. The number of carbonyl (C=O) groups is 2. The molecular weight excluding hydrogens is 282 g/mol. The maximum atomic E-state index is 12.4. The Morgan fingerprint density at radius 1 is 1.27 bits per heavy atom. The minimum atomic E-state index is -1.01. The number of nitrogens with one attached hydrogen (secondary N) is 2. The molecule has 6 heteroatoms. The standard InChI is InChI=1S/C16H17N3O3/c1-9-6-7-10(8-12(9)16(21)22)17-15(20)14-11-4-2-3-5-13(11)18-19-14/h6-8H,2-5H2,1H3,(H,17,20)(H,18,19)(H,21,22). The number of benzene rings is 1. The van der Waals surface area contributed by atoms with E-state index in [0.29, 0.717) is 16.9 Å². The Morgan fingerprint density at radius 2 is 2.05 bits per heavy atom. The first kappa shape index (κ1) is 14.3. The van der Waals surface area contributed by atoms with E-state index in [-0.39, 0.29) is 11.5 Å². The Labute approximate surface area is 127 Å². The van der Waals surface area contributed by atoms with Crippen LogP contribution in [0.15, 0.2) is 18.2 Å². The lowest BCUT2D eigenvalue weighted by molar-refractivity contribution is 0.0695. The van der Waals surface area contributed by atoms with Gasteiger partial charge in [-0.1, -0.05) is 6.07 Å². The Morgan fingerprint density at radius 3 is 2.82 bits per heavy atom. The molecule has 3 rings (SSSR count). The second-order valence-electron chi connectivity index (χ2n) is 5.53. The third-order valence-corrected chi connectivity index (χ3v) is 4.00. The summed E-state index contributed by atoms with van der Waals surface area (Å²) < 4.78 is 0. The Bertz CT molecular complexity index is 749. The second kappa shape index (κ2) is 5.63. The van der Waals surface area contributed by atoms with Crippen molar-refractivity contribution in [1.29, 1.82) is 0 Å². The topological polar surface area (TPSA) is 95.1 Å². The van der Waals surface area contributed by atoms with Gasteiger partial charge < -0.3 is 10.4 Å². The number of aromatic carboxylic acids is 1. The predicted octanol–water partition coefficient (Wildman–Crippen LogP) is 2.55. The fourth-order valence-electron chi connectivity index (χ4n) is 2.79. The number of anilines is 1. The van der Waals surface area contributed by atoms with Crippen molar-refractivity contribution in [2.24, 2.45) is 0 Å². The fraction of sp³-hybridized carbons (Fsp3) is 0.312. The van der Waals surface area contributed by atoms with E-state index in [1.807, 2.05) is 0 Å². The fourth-order valence-corrected chi connectivity index (χ4v) is 2.79. The number of aromatic nitrogens is 2. The summed E-state index contributed by atoms with van der Waals surface area (Å²) in [6.07, 6.45) is 3.93. The first-order chi connectivity index (χ1) is 10.6. The van der Waals surface area contributed by atoms with E-state index in [0.717, 1.165) is 36.9 Å². The number of carboxylic acid groups (broad SMARTS) is 1. The summed E-state index contributed by atoms with van der Waals surface area (Å²) >= 11 is 0. The van der Waals surface area contributed by atoms with Gasteiger partial charge in [-0.3, -0.25) is 9.89 Å². The van der Waals surface area contributed by atoms with Gasteiger partial charge in [-0.15, -0.1) is 0 Å². The van der Waals surface area contributed by atoms with Crippen LogP contribution in [-0.4, -0.2) is 27.2 Å². The number of H-pyrrole nitrogens is 1. The molecule has 1 amide bonds. The van der Waals surface area contributed by atoms with Crippen LogP contribution in [0, 0.1) is 6.92 Å². The highest BCUT2D eigenvalue weighted by atomic mass is 16.4. The molecule has 0 unspecified atom stereocenters. The van der Waals surface area contributed by atoms with E-state index in [2.05, 4.69) is 15.5 Å². The number of hydrogen-bond donors (Lipinski definition) is 3. The molecule has 0 aliphatic heterocycles. The molecule has 2 aromatic rings. The van der Waals surface area contributed by atoms with Crippen LogP contribution in [-0.2, 0) is 12.8 Å². The lowest BCUT2D eigenvalue weighted by atomic mass is 9.96. The van der Waals surface area contributed by atoms with Gasteiger partial charge in [-0.2, -0.15) is 5.10 Å². The predicted molar refractivity (Wildman–Crippen MR) is 81.3 cm³/mol. The lowest BCUT2D eigenvalue weighted by Gasteiger charge is -2.11. The molecule has 1 aromatic carbocycles. The summed E-state index contributed by atoms with van der Waals surface area (Å²) in [6, 6.07) is 4.84. The summed E-state index contributed by atoms with van der Waals surface area (Å²) in [5.74, 6) is -1.31. The van der Waals surface area contributed by atoms with Crippen LogP contribution in [0.5, 0.6) is 0 Å². The van der Waals surface area contributed by atoms with E-state index in [1.54, 1.807) is 19.1 Å². The second-order valence-corrected chi connectivity index (χ2v) is 5.53. The first-order valence-corrected chi connectivity index (χ1v) is 7.27. The van der Waals surface area contributed by atoms with Crippen molar-refractivity contribution >= 4 is 17.6 Å². The highest BCUT2D eigenvalue weighted by Crippen LogP contribution is 2.23. The van der Waals surface area contributed by atoms with Crippen molar-refractivity contribution < 1.29 is 14.7 Å². The van der Waals surface area contributed by atoms with Crippen molar-refractivity contribution in [3.05, 3.63) is 46.3 Å². The Balaban J connectivity index is 1.84. The van der Waals surface area contributed by atoms with Gasteiger partial charge in [0, 0.05) is 16.9 Å². The van der Waals surface area contributed by atoms with Crippen LogP contribution in [0.2, 0.25) is 0 Å². The zero-order valence-electron chi connectivity index (χ0n) is 12.3. The molecule has 1 heterocycles. The van der Waals surface area contributed by atoms with Crippen LogP contribution in [0.3, 0.4) is 0 Å². The van der Waals surface area contributed by atoms with Crippen LogP contribution in [0.1, 0.15) is 50.5 Å². The Kier molecular flexibility index (Phi) is 3.66. The highest BCUT2D eigenvalue weighted by Gasteiger charge is 2.22. The number of fused-ring (bicyclic) bond motifs is 1. The van der Waals surface area contributed by atoms with Gasteiger partial charge in [0.25, 0.3) is 5.91 Å². The van der Waals surface area contributed by atoms with E-state index in [1.165, 1.54) is 6.07 Å². The third kappa shape index (κ3) is 2.59. The number of carbonyl (C=O) groups excluding carboxylic acids is 1. The van der Waals surface area contributed by atoms with E-state index >= 15 is 0 Å². The van der Waals surface area contributed by atoms with Crippen molar-refractivity contribution in [2.45, 2.75) is 32.6 Å². The van der Waals surface area contributed by atoms with E-state index < -0.39 is 5.97 Å². The van der Waals surface area contributed by atoms with Gasteiger partial charge in [0.15, 0.2) is 5.69 Å². The summed E-state index contributed by atoms with van der Waals surface area (Å²) in [5, 5.41) is 18.9. The van der Waals surface area contributed by atoms with Crippen molar-refractivity contribution in [3.63, 3.8) is 0 Å². The molecule has 114 valence electrons. The average molecular weight is 299 g/mol. The highest BCUT2D eigenvalue weighted by molar-refractivity contribution is 6.04. The van der Waals surface area contributed by atoms with Crippen molar-refractivity contribution in [3.8, 4) is 0 Å². The van der Waals surface area contributed by atoms with Crippen molar-refractivity contribution in [2.75, 3.05) is 5.32 Å². The summed E-state index contributed by atoms with van der Waals surface area (Å²) in [7, 11) is 0. The molecule has 22 heavy (non-hydrogen) atoms. The zero-order valence-corrected chi connectivity index (χ0v) is 12.3. The molecule has 0 radical (unpaired) electrons. The van der Waals surface area contributed by atoms with Crippen LogP contribution < -0.4 is 5.32 Å². The Hall–Kier alpha value is -2.63. The molecule has 1 aliphatic carbocycles. The minimum absolute atomic E-state index is 0.182. The van der Waals surface area contributed by atoms with Crippen molar-refractivity contribution in [1.82, 2.24) is 10.2 Å². The minimum Gasteiger partial charge on any atom is -0.478 e. The quantitative estimate of drug-likeness (QED) is 0.811. The molecule has 0 bridgehead atoms. The molecule has 1 aromatic heterocycles. The smallest absolute Gasteiger partial charge is 0.336 e. The molecule has 0 atom stereocenters. The zero-order chi connectivity index (χ0) is 15.7. The van der Waals surface area contributed by atoms with Crippen LogP contribution in [0.25, 0.3) is 0 Å². The SMILES string of the molecule is Cc1ccc(NC(=O)c2n[nH]c3c2CCCC3)cc1C(=O)O. The third-order valence-electron chi connectivity index (χ3n) is 4.00. The molecule has 0 saturated heterocycles. The van der Waals surface area contributed by atoms with Gasteiger partial charge in [0.1, 0.15) is 0 Å². The molecule has 0 saturated carbocycles. The number of carboxylic acids is 1. The van der Waals surface area contributed by atoms with Gasteiger partial charge in [0.2, 0.25) is 0 Å².